The smallest absolute Gasteiger partial charge is 0.410 e. The van der Waals surface area contributed by atoms with Crippen molar-refractivity contribution in [3.63, 3.8) is 0 Å². The predicted molar refractivity (Wildman–Crippen MR) is 175 cm³/mol. The summed E-state index contributed by atoms with van der Waals surface area (Å²) < 4.78 is 45.5. The number of hydrogen-bond donors (Lipinski definition) is 2. The first-order valence-electron chi connectivity index (χ1n) is 17.5. The van der Waals surface area contributed by atoms with Crippen LogP contribution in [0.25, 0.3) is 0 Å². The molecular weight excluding hydrogens is 580 g/mol. The molecule has 2 aromatic heterocycles. The van der Waals surface area contributed by atoms with E-state index in [2.05, 4.69) is 57.5 Å². The van der Waals surface area contributed by atoms with Gasteiger partial charge in [-0.05, 0) is 102 Å². The van der Waals surface area contributed by atoms with E-state index in [0.29, 0.717) is 49.0 Å². The number of nitrogens with zero attached hydrogens (tertiary/aromatic N) is 4. The third kappa shape index (κ3) is 8.31. The highest BCUT2D eigenvalue weighted by Gasteiger charge is 2.39. The second-order valence-electron chi connectivity index (χ2n) is 14.1. The molecule has 4 atom stereocenters. The minimum atomic E-state index is -0.632. The number of carbonyl (C=O) groups excluding carboxylic acids is 2. The van der Waals surface area contributed by atoms with Crippen LogP contribution in [0.2, 0.25) is 0 Å². The van der Waals surface area contributed by atoms with Gasteiger partial charge in [0.15, 0.2) is 0 Å². The van der Waals surface area contributed by atoms with Crippen LogP contribution in [0.4, 0.5) is 9.59 Å². The van der Waals surface area contributed by atoms with Crippen LogP contribution < -0.4 is 0 Å². The minimum Gasteiger partial charge on any atom is -0.444 e. The van der Waals surface area contributed by atoms with E-state index in [0.717, 1.165) is 0 Å². The van der Waals surface area contributed by atoms with E-state index < -0.39 is 23.4 Å². The molecule has 0 unspecified atom stereocenters. The summed E-state index contributed by atoms with van der Waals surface area (Å²) in [4.78, 5) is 44.2. The Balaban J connectivity index is 1.34. The molecule has 2 aliphatic rings. The van der Waals surface area contributed by atoms with Crippen LogP contribution in [0.1, 0.15) is 120 Å². The van der Waals surface area contributed by atoms with Crippen LogP contribution in [-0.4, -0.2) is 66.2 Å². The van der Waals surface area contributed by atoms with Crippen molar-refractivity contribution in [1.82, 2.24) is 29.7 Å². The number of likely N-dealkylation sites (tertiary alicyclic amines) is 2. The van der Waals surface area contributed by atoms with Crippen LogP contribution in [-0.2, 0) is 9.47 Å². The van der Waals surface area contributed by atoms with Crippen molar-refractivity contribution in [3.8, 4) is 23.7 Å². The van der Waals surface area contributed by atoms with Gasteiger partial charge in [0.25, 0.3) is 0 Å². The van der Waals surface area contributed by atoms with E-state index in [1.807, 2.05) is 41.5 Å². The van der Waals surface area contributed by atoms with Crippen LogP contribution in [0.15, 0.2) is 36.6 Å². The first kappa shape index (κ1) is 27.6. The number of ether oxygens (including phenoxy) is 2. The quantitative estimate of drug-likeness (QED) is 0.310. The number of aromatic amines is 2. The summed E-state index contributed by atoms with van der Waals surface area (Å²) in [5.74, 6) is 12.9. The molecule has 0 aliphatic carbocycles. The van der Waals surface area contributed by atoms with Gasteiger partial charge in [-0.3, -0.25) is 9.80 Å². The molecule has 2 aliphatic heterocycles. The normalized spacial score (nSPS) is 22.5. The van der Waals surface area contributed by atoms with E-state index >= 15 is 0 Å². The highest BCUT2D eigenvalue weighted by molar-refractivity contribution is 5.69. The third-order valence-electron chi connectivity index (χ3n) is 7.37. The van der Waals surface area contributed by atoms with Gasteiger partial charge >= 0.3 is 12.2 Å². The number of hydrogen-bond acceptors (Lipinski definition) is 6. The van der Waals surface area contributed by atoms with E-state index in [-0.39, 0.29) is 59.2 Å². The van der Waals surface area contributed by atoms with Crippen molar-refractivity contribution in [2.24, 2.45) is 11.8 Å². The van der Waals surface area contributed by atoms with Crippen molar-refractivity contribution in [2.45, 2.75) is 91.5 Å². The fraction of sp³-hybridized carbons (Fsp3) is 0.500. The second kappa shape index (κ2) is 13.0. The average molecular weight is 629 g/mol. The summed E-state index contributed by atoms with van der Waals surface area (Å²) in [6.07, 6.45) is 3.61. The van der Waals surface area contributed by atoms with Gasteiger partial charge in [-0.25, -0.2) is 19.6 Å². The molecule has 0 saturated carbocycles. The van der Waals surface area contributed by atoms with Gasteiger partial charge in [-0.1, -0.05) is 25.7 Å². The fourth-order valence-corrected chi connectivity index (χ4v) is 5.49. The molecule has 4 heterocycles. The number of aromatic nitrogens is 4. The molecule has 2 fully saturated rings. The van der Waals surface area contributed by atoms with Gasteiger partial charge in [-0.2, -0.15) is 0 Å². The zero-order valence-electron chi connectivity index (χ0n) is 31.7. The lowest BCUT2D eigenvalue weighted by Crippen LogP contribution is -2.37. The summed E-state index contributed by atoms with van der Waals surface area (Å²) in [5.41, 5.74) is -0.607. The monoisotopic (exact) mass is 628 g/mol. The maximum atomic E-state index is 12.9. The van der Waals surface area contributed by atoms with E-state index in [9.17, 15) is 9.59 Å². The SMILES string of the molecule is [2H]c1c([2H])c(C#Cc2cnc([C@@H]3C[C@H](C)CN3C(=O)OC(C)(C)C)[nH]2)c([2H])c([2H])c1C#Cc1cnc([C@@H]2C[C@H](C)CN2C(=O)OC(C)(C)C)[nH]1. The molecule has 3 aromatic rings. The number of nitrogens with one attached hydrogen (secondary N) is 2. The van der Waals surface area contributed by atoms with Gasteiger partial charge in [-0.15, -0.1) is 0 Å². The van der Waals surface area contributed by atoms with Crippen molar-refractivity contribution >= 4 is 12.2 Å². The highest BCUT2D eigenvalue weighted by Crippen LogP contribution is 2.36. The van der Waals surface area contributed by atoms with Gasteiger partial charge in [0, 0.05) is 24.2 Å². The fourth-order valence-electron chi connectivity index (χ4n) is 5.49. The van der Waals surface area contributed by atoms with Gasteiger partial charge in [0.05, 0.1) is 30.0 Å². The Bertz CT molecular complexity index is 1750. The number of amides is 2. The van der Waals surface area contributed by atoms with Gasteiger partial charge < -0.3 is 19.4 Å². The van der Waals surface area contributed by atoms with Crippen molar-refractivity contribution in [1.29, 1.82) is 0 Å². The van der Waals surface area contributed by atoms with Crippen molar-refractivity contribution in [2.75, 3.05) is 13.1 Å². The van der Waals surface area contributed by atoms with Crippen LogP contribution >= 0.6 is 0 Å². The molecule has 0 radical (unpaired) electrons. The van der Waals surface area contributed by atoms with Gasteiger partial charge in [0.1, 0.15) is 34.2 Å². The van der Waals surface area contributed by atoms with E-state index in [4.69, 9.17) is 15.0 Å². The number of H-pyrrole nitrogens is 2. The predicted octanol–water partition coefficient (Wildman–Crippen LogP) is 6.57. The summed E-state index contributed by atoms with van der Waals surface area (Å²) >= 11 is 0. The Morgan fingerprint density at radius 3 is 1.46 bits per heavy atom. The molecule has 2 amide bonds. The molecule has 46 heavy (non-hydrogen) atoms. The van der Waals surface area contributed by atoms with Gasteiger partial charge in [0.2, 0.25) is 0 Å². The number of benzene rings is 1. The minimum absolute atomic E-state index is 0.0759. The molecule has 5 rings (SSSR count). The lowest BCUT2D eigenvalue weighted by atomic mass is 10.1. The van der Waals surface area contributed by atoms with E-state index in [1.54, 1.807) is 9.80 Å². The lowest BCUT2D eigenvalue weighted by Gasteiger charge is -2.27. The van der Waals surface area contributed by atoms with E-state index in [1.165, 1.54) is 12.4 Å². The summed E-state index contributed by atoms with van der Waals surface area (Å²) in [7, 11) is 0. The number of imidazole rings is 2. The summed E-state index contributed by atoms with van der Waals surface area (Å²) in [5, 5.41) is 0. The second-order valence-corrected chi connectivity index (χ2v) is 14.1. The average Bonchev–Trinajstić information content (AvgIpc) is 3.81. The summed E-state index contributed by atoms with van der Waals surface area (Å²) in [6, 6.07) is -1.91. The number of rotatable bonds is 2. The lowest BCUT2D eigenvalue weighted by molar-refractivity contribution is 0.0204. The Morgan fingerprint density at radius 1 is 0.739 bits per heavy atom. The van der Waals surface area contributed by atoms with Crippen LogP contribution in [0.5, 0.6) is 0 Å². The maximum Gasteiger partial charge on any atom is 0.410 e. The standard InChI is InChI=1S/C36H44N6O4/c1-23-17-29(41(21-23)33(43)45-35(3,4)5)31-37-19-27(39-31)15-13-25-9-11-26(12-10-25)14-16-28-20-38-32(40-28)30-18-24(2)22-42(30)34(44)46-36(6,7)8/h9-12,19-20,23-24,29-30H,17-18,21-22H2,1-8H3,(H,37,39)(H,38,40)/t23-,24-,29-,30-/m0/s1/i9D,10D,11D,12D. The Morgan fingerprint density at radius 2 is 1.11 bits per heavy atom. The molecule has 2 N–H and O–H groups in total. The Kier molecular flexibility index (Phi) is 7.78. The molecule has 10 heteroatoms. The maximum absolute atomic E-state index is 12.9. The molecular formula is C36H44N6O4. The Hall–Kier alpha value is -4.70. The van der Waals surface area contributed by atoms with Crippen molar-refractivity contribution < 1.29 is 24.5 Å². The first-order chi connectivity index (χ1) is 23.3. The molecule has 242 valence electrons. The topological polar surface area (TPSA) is 116 Å². The largest absolute Gasteiger partial charge is 0.444 e. The third-order valence-corrected chi connectivity index (χ3v) is 7.37. The molecule has 0 spiro atoms. The van der Waals surface area contributed by atoms with Crippen LogP contribution in [0, 0.1) is 35.5 Å². The molecule has 1 aromatic carbocycles. The van der Waals surface area contributed by atoms with Crippen LogP contribution in [0.3, 0.4) is 0 Å². The molecule has 2 saturated heterocycles. The first-order valence-corrected chi connectivity index (χ1v) is 15.5. The zero-order valence-corrected chi connectivity index (χ0v) is 27.7. The molecule has 0 bridgehead atoms. The zero-order chi connectivity index (χ0) is 36.7. The Labute approximate surface area is 277 Å². The molecule has 10 nitrogen and oxygen atoms in total. The highest BCUT2D eigenvalue weighted by atomic mass is 16.6. The van der Waals surface area contributed by atoms with Crippen molar-refractivity contribution in [3.05, 3.63) is 70.7 Å². The summed E-state index contributed by atoms with van der Waals surface area (Å²) in [6.45, 7) is 16.1. The number of carbonyl (C=O) groups is 2.